The highest BCUT2D eigenvalue weighted by Crippen LogP contribution is 2.24. The summed E-state index contributed by atoms with van der Waals surface area (Å²) < 4.78 is 29.5. The van der Waals surface area contributed by atoms with Gasteiger partial charge < -0.3 is 10.1 Å². The molecule has 7 heteroatoms. The van der Waals surface area contributed by atoms with Gasteiger partial charge in [0.15, 0.2) is 0 Å². The van der Waals surface area contributed by atoms with Crippen LogP contribution in [0.4, 0.5) is 0 Å². The van der Waals surface area contributed by atoms with Crippen molar-refractivity contribution in [3.63, 3.8) is 0 Å². The minimum absolute atomic E-state index is 0.222. The van der Waals surface area contributed by atoms with E-state index in [1.165, 1.54) is 7.05 Å². The van der Waals surface area contributed by atoms with E-state index in [1.807, 2.05) is 54.6 Å². The Balaban J connectivity index is 1.99. The number of carbonyl (C=O) groups excluding carboxylic acids is 1. The third-order valence-corrected chi connectivity index (χ3v) is 4.61. The van der Waals surface area contributed by atoms with Crippen LogP contribution in [0.15, 0.2) is 54.6 Å². The summed E-state index contributed by atoms with van der Waals surface area (Å²) in [6, 6.07) is 16.7. The average Bonchev–Trinajstić information content (AvgIpc) is 2.54. The molecule has 0 fully saturated rings. The van der Waals surface area contributed by atoms with Crippen molar-refractivity contribution in [2.75, 3.05) is 19.8 Å². The standard InChI is InChI=1S/C17H20N2O4S/c1-19(24(2,21)22)13-17(20)18-12-14-8-6-7-11-16(14)23-15-9-4-3-5-10-15/h3-11H,12-13H2,1-2H3,(H,18,20). The highest BCUT2D eigenvalue weighted by atomic mass is 32.2. The Hall–Kier alpha value is -2.38. The van der Waals surface area contributed by atoms with Gasteiger partial charge in [0.05, 0.1) is 12.8 Å². The number of likely N-dealkylation sites (N-methyl/N-ethyl adjacent to an activating group) is 1. The van der Waals surface area contributed by atoms with E-state index in [-0.39, 0.29) is 19.0 Å². The molecule has 0 saturated heterocycles. The fourth-order valence-corrected chi connectivity index (χ4v) is 2.29. The number of carbonyl (C=O) groups is 1. The molecule has 0 aromatic heterocycles. The first-order valence-corrected chi connectivity index (χ1v) is 9.20. The van der Waals surface area contributed by atoms with E-state index >= 15 is 0 Å². The molecular weight excluding hydrogens is 328 g/mol. The van der Waals surface area contributed by atoms with Crippen molar-refractivity contribution in [1.29, 1.82) is 0 Å². The molecule has 0 bridgehead atoms. The SMILES string of the molecule is CN(CC(=O)NCc1ccccc1Oc1ccccc1)S(C)(=O)=O. The first-order chi connectivity index (χ1) is 11.4. The fourth-order valence-electron chi connectivity index (χ4n) is 1.93. The molecule has 6 nitrogen and oxygen atoms in total. The van der Waals surface area contributed by atoms with Gasteiger partial charge in [-0.1, -0.05) is 36.4 Å². The minimum atomic E-state index is -3.38. The zero-order valence-corrected chi connectivity index (χ0v) is 14.4. The molecule has 2 rings (SSSR count). The summed E-state index contributed by atoms with van der Waals surface area (Å²) in [4.78, 5) is 11.9. The van der Waals surface area contributed by atoms with Crippen molar-refractivity contribution in [3.05, 3.63) is 60.2 Å². The normalized spacial score (nSPS) is 11.3. The van der Waals surface area contributed by atoms with Gasteiger partial charge in [-0.3, -0.25) is 4.79 Å². The molecule has 0 saturated carbocycles. The van der Waals surface area contributed by atoms with Crippen molar-refractivity contribution < 1.29 is 17.9 Å². The fraction of sp³-hybridized carbons (Fsp3) is 0.235. The first-order valence-electron chi connectivity index (χ1n) is 7.35. The Morgan fingerprint density at radius 3 is 2.38 bits per heavy atom. The third kappa shape index (κ3) is 5.36. The lowest BCUT2D eigenvalue weighted by Crippen LogP contribution is -2.37. The smallest absolute Gasteiger partial charge is 0.235 e. The number of hydrogen-bond acceptors (Lipinski definition) is 4. The van der Waals surface area contributed by atoms with Crippen LogP contribution in [0.2, 0.25) is 0 Å². The Morgan fingerprint density at radius 1 is 1.08 bits per heavy atom. The van der Waals surface area contributed by atoms with Crippen molar-refractivity contribution in [3.8, 4) is 11.5 Å². The average molecular weight is 348 g/mol. The van der Waals surface area contributed by atoms with E-state index in [9.17, 15) is 13.2 Å². The van der Waals surface area contributed by atoms with Crippen molar-refractivity contribution in [2.24, 2.45) is 0 Å². The predicted molar refractivity (Wildman–Crippen MR) is 92.3 cm³/mol. The number of hydrogen-bond donors (Lipinski definition) is 1. The lowest BCUT2D eigenvalue weighted by atomic mass is 10.2. The number of sulfonamides is 1. The van der Waals surface area contributed by atoms with Gasteiger partial charge in [0.25, 0.3) is 0 Å². The Bertz CT molecular complexity index is 791. The van der Waals surface area contributed by atoms with E-state index in [1.54, 1.807) is 0 Å². The van der Waals surface area contributed by atoms with Gasteiger partial charge in [0, 0.05) is 19.2 Å². The topological polar surface area (TPSA) is 75.7 Å². The number of benzene rings is 2. The molecule has 0 aliphatic rings. The van der Waals surface area contributed by atoms with E-state index in [0.717, 1.165) is 16.1 Å². The van der Waals surface area contributed by atoms with Crippen LogP contribution in [-0.4, -0.2) is 38.5 Å². The molecule has 2 aromatic carbocycles. The van der Waals surface area contributed by atoms with Crippen LogP contribution < -0.4 is 10.1 Å². The van der Waals surface area contributed by atoms with Crippen LogP contribution in [0.3, 0.4) is 0 Å². The van der Waals surface area contributed by atoms with E-state index in [2.05, 4.69) is 5.32 Å². The Kier molecular flexibility index (Phi) is 5.94. The Labute approximate surface area is 142 Å². The van der Waals surface area contributed by atoms with Gasteiger partial charge in [-0.2, -0.15) is 4.31 Å². The molecule has 1 amide bonds. The van der Waals surface area contributed by atoms with Crippen LogP contribution >= 0.6 is 0 Å². The highest BCUT2D eigenvalue weighted by Gasteiger charge is 2.15. The number of amides is 1. The number of ether oxygens (including phenoxy) is 1. The Morgan fingerprint density at radius 2 is 1.71 bits per heavy atom. The molecule has 0 atom stereocenters. The molecule has 0 aliphatic carbocycles. The predicted octanol–water partition coefficient (Wildman–Crippen LogP) is 1.99. The number of nitrogens with one attached hydrogen (secondary N) is 1. The second kappa shape index (κ2) is 7.94. The lowest BCUT2D eigenvalue weighted by molar-refractivity contribution is -0.121. The molecule has 0 heterocycles. The lowest BCUT2D eigenvalue weighted by Gasteiger charge is -2.15. The summed E-state index contributed by atoms with van der Waals surface area (Å²) in [5.74, 6) is 0.964. The van der Waals surface area contributed by atoms with Gasteiger partial charge in [-0.25, -0.2) is 8.42 Å². The molecule has 0 unspecified atom stereocenters. The highest BCUT2D eigenvalue weighted by molar-refractivity contribution is 7.88. The van der Waals surface area contributed by atoms with E-state index in [0.29, 0.717) is 11.5 Å². The van der Waals surface area contributed by atoms with E-state index in [4.69, 9.17) is 4.74 Å². The monoisotopic (exact) mass is 348 g/mol. The van der Waals surface area contributed by atoms with Crippen molar-refractivity contribution in [1.82, 2.24) is 9.62 Å². The summed E-state index contributed by atoms with van der Waals surface area (Å²) in [5, 5.41) is 2.70. The molecule has 0 radical (unpaired) electrons. The zero-order valence-electron chi connectivity index (χ0n) is 13.6. The quantitative estimate of drug-likeness (QED) is 0.830. The maximum Gasteiger partial charge on any atom is 0.235 e. The van der Waals surface area contributed by atoms with Crippen LogP contribution in [0.5, 0.6) is 11.5 Å². The molecule has 24 heavy (non-hydrogen) atoms. The molecule has 0 spiro atoms. The summed E-state index contributed by atoms with van der Waals surface area (Å²) in [6.45, 7) is 0.0278. The molecule has 2 aromatic rings. The van der Waals surface area contributed by atoms with Crippen LogP contribution in [-0.2, 0) is 21.4 Å². The summed E-state index contributed by atoms with van der Waals surface area (Å²) in [6.07, 6.45) is 1.06. The second-order valence-electron chi connectivity index (χ2n) is 5.32. The van der Waals surface area contributed by atoms with Gasteiger partial charge in [0.1, 0.15) is 11.5 Å². The maximum atomic E-state index is 11.9. The summed E-state index contributed by atoms with van der Waals surface area (Å²) in [5.41, 5.74) is 0.803. The van der Waals surface area contributed by atoms with Crippen LogP contribution in [0, 0.1) is 0 Å². The summed E-state index contributed by atoms with van der Waals surface area (Å²) in [7, 11) is -2.02. The van der Waals surface area contributed by atoms with Gasteiger partial charge in [-0.05, 0) is 18.2 Å². The second-order valence-corrected chi connectivity index (χ2v) is 7.41. The van der Waals surface area contributed by atoms with Gasteiger partial charge in [0.2, 0.25) is 15.9 Å². The maximum absolute atomic E-state index is 11.9. The minimum Gasteiger partial charge on any atom is -0.457 e. The molecular formula is C17H20N2O4S. The number of nitrogens with zero attached hydrogens (tertiary/aromatic N) is 1. The molecule has 0 aliphatic heterocycles. The summed E-state index contributed by atoms with van der Waals surface area (Å²) >= 11 is 0. The van der Waals surface area contributed by atoms with Crippen molar-refractivity contribution in [2.45, 2.75) is 6.54 Å². The zero-order chi connectivity index (χ0) is 17.6. The van der Waals surface area contributed by atoms with Gasteiger partial charge in [-0.15, -0.1) is 0 Å². The number of rotatable bonds is 7. The van der Waals surface area contributed by atoms with Gasteiger partial charge >= 0.3 is 0 Å². The third-order valence-electron chi connectivity index (χ3n) is 3.35. The number of para-hydroxylation sites is 2. The molecule has 128 valence electrons. The van der Waals surface area contributed by atoms with Crippen molar-refractivity contribution >= 4 is 15.9 Å². The first kappa shape index (κ1) is 18.0. The van der Waals surface area contributed by atoms with Crippen LogP contribution in [0.25, 0.3) is 0 Å². The van der Waals surface area contributed by atoms with E-state index < -0.39 is 10.0 Å². The molecule has 1 N–H and O–H groups in total. The largest absolute Gasteiger partial charge is 0.457 e. The van der Waals surface area contributed by atoms with Crippen LogP contribution in [0.1, 0.15) is 5.56 Å².